The van der Waals surface area contributed by atoms with Gasteiger partial charge in [-0.25, -0.2) is 0 Å². The number of nitrogens with zero attached hydrogens (tertiary/aromatic N) is 3. The predicted octanol–water partition coefficient (Wildman–Crippen LogP) is 3.04. The van der Waals surface area contributed by atoms with Gasteiger partial charge in [-0.15, -0.1) is 0 Å². The molecule has 1 unspecified atom stereocenters. The van der Waals surface area contributed by atoms with E-state index in [4.69, 9.17) is 18.9 Å². The zero-order chi connectivity index (χ0) is 21.2. The molecule has 0 bridgehead atoms. The van der Waals surface area contributed by atoms with Crippen molar-refractivity contribution in [2.75, 3.05) is 55.0 Å². The molecule has 0 aliphatic rings. The molecule has 29 heavy (non-hydrogen) atoms. The van der Waals surface area contributed by atoms with Crippen LogP contribution in [0.1, 0.15) is 24.3 Å². The number of furan rings is 1. The summed E-state index contributed by atoms with van der Waals surface area (Å²) in [6, 6.07) is 10.0. The summed E-state index contributed by atoms with van der Waals surface area (Å²) in [5, 5.41) is 3.38. The van der Waals surface area contributed by atoms with E-state index in [0.717, 1.165) is 42.7 Å². The maximum atomic E-state index is 5.59. The average molecular weight is 403 g/mol. The van der Waals surface area contributed by atoms with Crippen LogP contribution in [-0.4, -0.2) is 70.8 Å². The highest BCUT2D eigenvalue weighted by atomic mass is 16.5. The van der Waals surface area contributed by atoms with Gasteiger partial charge >= 0.3 is 0 Å². The number of benzene rings is 1. The number of hydrogen-bond acceptors (Lipinski definition) is 5. The van der Waals surface area contributed by atoms with Crippen LogP contribution in [0.2, 0.25) is 0 Å². The van der Waals surface area contributed by atoms with Gasteiger partial charge in [0.2, 0.25) is 0 Å². The van der Waals surface area contributed by atoms with E-state index in [1.165, 1.54) is 5.56 Å². The largest absolute Gasteiger partial charge is 0.493 e. The Bertz CT molecular complexity index is 759. The minimum atomic E-state index is 0.0953. The third kappa shape index (κ3) is 6.42. The van der Waals surface area contributed by atoms with Gasteiger partial charge in [0, 0.05) is 20.1 Å². The standard InChI is InChI=1S/C22H34N4O3/c1-7-23-22(24-16-18(25(2)3)19-9-8-14-29-19)26(4)13-12-17-10-11-20(27-5)21(15-17)28-6/h8-11,14-15,18H,7,12-13,16H2,1-6H3,(H,23,24). The first-order valence-electron chi connectivity index (χ1n) is 9.90. The molecule has 1 heterocycles. The first kappa shape index (κ1) is 22.6. The van der Waals surface area contributed by atoms with Crippen LogP contribution >= 0.6 is 0 Å². The van der Waals surface area contributed by atoms with Crippen LogP contribution < -0.4 is 14.8 Å². The van der Waals surface area contributed by atoms with E-state index >= 15 is 0 Å². The molecule has 1 aromatic carbocycles. The molecule has 0 spiro atoms. The van der Waals surface area contributed by atoms with Gasteiger partial charge in [-0.3, -0.25) is 9.89 Å². The molecule has 0 aliphatic heterocycles. The van der Waals surface area contributed by atoms with Gasteiger partial charge in [-0.1, -0.05) is 6.07 Å². The van der Waals surface area contributed by atoms with Crippen molar-refractivity contribution in [1.29, 1.82) is 0 Å². The van der Waals surface area contributed by atoms with Crippen LogP contribution in [0, 0.1) is 0 Å². The Morgan fingerprint density at radius 1 is 1.14 bits per heavy atom. The number of guanidine groups is 1. The summed E-state index contributed by atoms with van der Waals surface area (Å²) in [5.41, 5.74) is 1.19. The second kappa shape index (κ2) is 11.4. The van der Waals surface area contributed by atoms with Crippen LogP contribution in [0.4, 0.5) is 0 Å². The minimum absolute atomic E-state index is 0.0953. The maximum absolute atomic E-state index is 5.59. The Hall–Kier alpha value is -2.67. The second-order valence-corrected chi connectivity index (χ2v) is 7.05. The second-order valence-electron chi connectivity index (χ2n) is 7.05. The maximum Gasteiger partial charge on any atom is 0.193 e. The minimum Gasteiger partial charge on any atom is -0.493 e. The van der Waals surface area contributed by atoms with Gasteiger partial charge in [0.1, 0.15) is 5.76 Å². The molecule has 160 valence electrons. The lowest BCUT2D eigenvalue weighted by Crippen LogP contribution is -2.40. The van der Waals surface area contributed by atoms with Gasteiger partial charge in [0.25, 0.3) is 0 Å². The summed E-state index contributed by atoms with van der Waals surface area (Å²) in [6.07, 6.45) is 2.58. The Balaban J connectivity index is 2.04. The number of rotatable bonds is 10. The van der Waals surface area contributed by atoms with Crippen molar-refractivity contribution in [3.05, 3.63) is 47.9 Å². The number of hydrogen-bond donors (Lipinski definition) is 1. The quantitative estimate of drug-likeness (QED) is 0.487. The van der Waals surface area contributed by atoms with Crippen molar-refractivity contribution in [3.8, 4) is 11.5 Å². The third-order valence-electron chi connectivity index (χ3n) is 4.79. The zero-order valence-electron chi connectivity index (χ0n) is 18.4. The molecule has 0 amide bonds. The van der Waals surface area contributed by atoms with Gasteiger partial charge < -0.3 is 24.1 Å². The number of ether oxygens (including phenoxy) is 2. The highest BCUT2D eigenvalue weighted by molar-refractivity contribution is 5.79. The fourth-order valence-corrected chi connectivity index (χ4v) is 3.07. The van der Waals surface area contributed by atoms with E-state index in [1.807, 2.05) is 38.4 Å². The molecule has 0 saturated heterocycles. The van der Waals surface area contributed by atoms with E-state index in [-0.39, 0.29) is 6.04 Å². The SMILES string of the molecule is CCNC(=NCC(c1ccco1)N(C)C)N(C)CCc1ccc(OC)c(OC)c1. The van der Waals surface area contributed by atoms with Crippen molar-refractivity contribution in [1.82, 2.24) is 15.1 Å². The van der Waals surface area contributed by atoms with Crippen molar-refractivity contribution in [2.24, 2.45) is 4.99 Å². The zero-order valence-corrected chi connectivity index (χ0v) is 18.4. The van der Waals surface area contributed by atoms with Crippen LogP contribution in [0.25, 0.3) is 0 Å². The third-order valence-corrected chi connectivity index (χ3v) is 4.79. The molecule has 1 atom stereocenters. The molecule has 0 radical (unpaired) electrons. The molecule has 7 heteroatoms. The normalized spacial score (nSPS) is 12.7. The van der Waals surface area contributed by atoms with E-state index in [1.54, 1.807) is 20.5 Å². The van der Waals surface area contributed by atoms with E-state index < -0.39 is 0 Å². The molecule has 0 fully saturated rings. The first-order chi connectivity index (χ1) is 14.0. The lowest BCUT2D eigenvalue weighted by molar-refractivity contribution is 0.264. The summed E-state index contributed by atoms with van der Waals surface area (Å²) >= 11 is 0. The van der Waals surface area contributed by atoms with E-state index in [2.05, 4.69) is 35.2 Å². The summed E-state index contributed by atoms with van der Waals surface area (Å²) < 4.78 is 16.3. The Labute approximate surface area is 174 Å². The van der Waals surface area contributed by atoms with Gasteiger partial charge in [0.05, 0.1) is 33.1 Å². The number of methoxy groups -OCH3 is 2. The van der Waals surface area contributed by atoms with Crippen molar-refractivity contribution < 1.29 is 13.9 Å². The number of nitrogens with one attached hydrogen (secondary N) is 1. The number of likely N-dealkylation sites (N-methyl/N-ethyl adjacent to an activating group) is 2. The highest BCUT2D eigenvalue weighted by Crippen LogP contribution is 2.27. The molecule has 2 aromatic rings. The van der Waals surface area contributed by atoms with E-state index in [0.29, 0.717) is 6.54 Å². The van der Waals surface area contributed by atoms with Crippen LogP contribution in [0.5, 0.6) is 11.5 Å². The molecular formula is C22H34N4O3. The van der Waals surface area contributed by atoms with Crippen molar-refractivity contribution in [2.45, 2.75) is 19.4 Å². The van der Waals surface area contributed by atoms with Gasteiger partial charge in [0.15, 0.2) is 17.5 Å². The molecule has 2 rings (SSSR count). The highest BCUT2D eigenvalue weighted by Gasteiger charge is 2.17. The topological polar surface area (TPSA) is 62.5 Å². The van der Waals surface area contributed by atoms with Crippen LogP contribution in [0.3, 0.4) is 0 Å². The molecular weight excluding hydrogens is 368 g/mol. The lowest BCUT2D eigenvalue weighted by atomic mass is 10.1. The summed E-state index contributed by atoms with van der Waals surface area (Å²) in [6.45, 7) is 4.33. The molecule has 1 aromatic heterocycles. The average Bonchev–Trinajstić information content (AvgIpc) is 3.25. The Morgan fingerprint density at radius 3 is 2.48 bits per heavy atom. The van der Waals surface area contributed by atoms with Crippen molar-refractivity contribution >= 4 is 5.96 Å². The number of aliphatic imine (C=N–C) groups is 1. The molecule has 1 N–H and O–H groups in total. The fourth-order valence-electron chi connectivity index (χ4n) is 3.07. The smallest absolute Gasteiger partial charge is 0.193 e. The van der Waals surface area contributed by atoms with Crippen LogP contribution in [-0.2, 0) is 6.42 Å². The van der Waals surface area contributed by atoms with E-state index in [9.17, 15) is 0 Å². The molecule has 0 aliphatic carbocycles. The Kier molecular flexibility index (Phi) is 8.86. The molecule has 0 saturated carbocycles. The predicted molar refractivity (Wildman–Crippen MR) is 117 cm³/mol. The molecule has 7 nitrogen and oxygen atoms in total. The first-order valence-corrected chi connectivity index (χ1v) is 9.90. The van der Waals surface area contributed by atoms with Crippen molar-refractivity contribution in [3.63, 3.8) is 0 Å². The van der Waals surface area contributed by atoms with Gasteiger partial charge in [-0.05, 0) is 57.3 Å². The fraction of sp³-hybridized carbons (Fsp3) is 0.500. The van der Waals surface area contributed by atoms with Gasteiger partial charge in [-0.2, -0.15) is 0 Å². The summed E-state index contributed by atoms with van der Waals surface area (Å²) in [5.74, 6) is 3.29. The lowest BCUT2D eigenvalue weighted by Gasteiger charge is -2.25. The summed E-state index contributed by atoms with van der Waals surface area (Å²) in [7, 11) is 9.44. The Morgan fingerprint density at radius 2 is 1.90 bits per heavy atom. The van der Waals surface area contributed by atoms with Crippen LogP contribution in [0.15, 0.2) is 46.0 Å². The summed E-state index contributed by atoms with van der Waals surface area (Å²) in [4.78, 5) is 9.12. The monoisotopic (exact) mass is 402 g/mol.